The van der Waals surface area contributed by atoms with Gasteiger partial charge in [0.2, 0.25) is 0 Å². The molecule has 0 bridgehead atoms. The molecule has 0 aliphatic rings. The number of pyridine rings is 1. The molecule has 3 rings (SSSR count). The van der Waals surface area contributed by atoms with Crippen molar-refractivity contribution in [1.82, 2.24) is 9.72 Å². The lowest BCUT2D eigenvalue weighted by molar-refractivity contribution is 0.102. The molecule has 2 heterocycles. The van der Waals surface area contributed by atoms with Gasteiger partial charge in [0.1, 0.15) is 5.56 Å². The van der Waals surface area contributed by atoms with Crippen molar-refractivity contribution in [2.75, 3.05) is 5.32 Å². The molecule has 6 heteroatoms. The van der Waals surface area contributed by atoms with Gasteiger partial charge in [0.15, 0.2) is 0 Å². The Kier molecular flexibility index (Phi) is 3.06. The van der Waals surface area contributed by atoms with Gasteiger partial charge in [-0.15, -0.1) is 0 Å². The van der Waals surface area contributed by atoms with Crippen molar-refractivity contribution < 1.29 is 9.32 Å². The van der Waals surface area contributed by atoms with Crippen LogP contribution in [0.5, 0.6) is 0 Å². The summed E-state index contributed by atoms with van der Waals surface area (Å²) in [7, 11) is 1.58. The number of hydrogen-bond acceptors (Lipinski definition) is 4. The number of nitrogens with zero attached hydrogens (tertiary/aromatic N) is 2. The van der Waals surface area contributed by atoms with Gasteiger partial charge in [-0.2, -0.15) is 0 Å². The molecule has 0 fully saturated rings. The van der Waals surface area contributed by atoms with E-state index in [1.165, 1.54) is 4.74 Å². The molecule has 0 atom stereocenters. The van der Waals surface area contributed by atoms with Gasteiger partial charge in [-0.3, -0.25) is 9.78 Å². The van der Waals surface area contributed by atoms with Crippen LogP contribution in [0.25, 0.3) is 10.9 Å². The fraction of sp³-hybridized carbons (Fsp3) is 0.133. The van der Waals surface area contributed by atoms with E-state index in [4.69, 9.17) is 4.52 Å². The summed E-state index contributed by atoms with van der Waals surface area (Å²) in [5.74, 6) is -0.500. The number of amides is 1. The number of hydrogen-bond donors (Lipinski definition) is 1. The smallest absolute Gasteiger partial charge is 0.336 e. The summed E-state index contributed by atoms with van der Waals surface area (Å²) in [6.07, 6.45) is 1.65. The zero-order valence-corrected chi connectivity index (χ0v) is 11.6. The van der Waals surface area contributed by atoms with Gasteiger partial charge in [0.05, 0.1) is 16.9 Å². The zero-order chi connectivity index (χ0) is 15.0. The first-order valence-electron chi connectivity index (χ1n) is 6.40. The molecule has 0 radical (unpaired) electrons. The molecule has 21 heavy (non-hydrogen) atoms. The first kappa shape index (κ1) is 13.1. The number of aryl methyl sites for hydroxylation is 1. The van der Waals surface area contributed by atoms with Crippen molar-refractivity contribution in [3.8, 4) is 0 Å². The maximum absolute atomic E-state index is 12.3. The lowest BCUT2D eigenvalue weighted by atomic mass is 10.1. The molecule has 0 saturated carbocycles. The average molecular weight is 283 g/mol. The molecule has 0 spiro atoms. The lowest BCUT2D eigenvalue weighted by Crippen LogP contribution is -2.19. The van der Waals surface area contributed by atoms with E-state index < -0.39 is 11.5 Å². The van der Waals surface area contributed by atoms with Crippen LogP contribution in [0, 0.1) is 6.92 Å². The van der Waals surface area contributed by atoms with E-state index in [1.807, 2.05) is 24.3 Å². The highest BCUT2D eigenvalue weighted by Crippen LogP contribution is 2.21. The van der Waals surface area contributed by atoms with Gasteiger partial charge in [0, 0.05) is 18.6 Å². The zero-order valence-electron chi connectivity index (χ0n) is 11.6. The Bertz CT molecular complexity index is 887. The second kappa shape index (κ2) is 4.90. The maximum Gasteiger partial charge on any atom is 0.370 e. The van der Waals surface area contributed by atoms with Gasteiger partial charge in [-0.25, -0.2) is 9.53 Å². The number of para-hydroxylation sites is 1. The standard InChI is InChI=1S/C15H13N3O3/c1-9-12(15(20)21-18(9)2)14(19)17-11-7-3-5-10-6-4-8-16-13(10)11/h3-8H,1-2H3,(H,17,19). The predicted octanol–water partition coefficient (Wildman–Crippen LogP) is 2.09. The lowest BCUT2D eigenvalue weighted by Gasteiger charge is -2.06. The van der Waals surface area contributed by atoms with Gasteiger partial charge < -0.3 is 9.84 Å². The molecule has 3 aromatic rings. The van der Waals surface area contributed by atoms with Crippen LogP contribution >= 0.6 is 0 Å². The molecule has 0 unspecified atom stereocenters. The Labute approximate surface area is 120 Å². The largest absolute Gasteiger partial charge is 0.370 e. The second-order valence-electron chi connectivity index (χ2n) is 4.67. The minimum Gasteiger partial charge on any atom is -0.336 e. The molecule has 0 aliphatic carbocycles. The summed E-state index contributed by atoms with van der Waals surface area (Å²) < 4.78 is 6.15. The number of anilines is 1. The van der Waals surface area contributed by atoms with Crippen molar-refractivity contribution in [2.45, 2.75) is 6.92 Å². The van der Waals surface area contributed by atoms with Gasteiger partial charge in [0.25, 0.3) is 5.91 Å². The van der Waals surface area contributed by atoms with E-state index in [2.05, 4.69) is 10.3 Å². The average Bonchev–Trinajstić information content (AvgIpc) is 2.72. The number of benzene rings is 1. The summed E-state index contributed by atoms with van der Waals surface area (Å²) in [6.45, 7) is 1.65. The molecule has 1 N–H and O–H groups in total. The number of rotatable bonds is 2. The van der Waals surface area contributed by atoms with Crippen molar-refractivity contribution in [3.05, 3.63) is 58.2 Å². The first-order valence-corrected chi connectivity index (χ1v) is 6.40. The minimum absolute atomic E-state index is 0.00503. The third kappa shape index (κ3) is 2.20. The van der Waals surface area contributed by atoms with E-state index in [9.17, 15) is 9.59 Å². The van der Waals surface area contributed by atoms with Crippen LogP contribution in [-0.2, 0) is 7.05 Å². The summed E-state index contributed by atoms with van der Waals surface area (Å²) in [6, 6.07) is 9.19. The number of aromatic nitrogens is 2. The summed E-state index contributed by atoms with van der Waals surface area (Å²) in [5, 5.41) is 3.63. The van der Waals surface area contributed by atoms with E-state index >= 15 is 0 Å². The number of fused-ring (bicyclic) bond motifs is 1. The molecule has 0 saturated heterocycles. The monoisotopic (exact) mass is 283 g/mol. The molecule has 106 valence electrons. The Balaban J connectivity index is 2.03. The van der Waals surface area contributed by atoms with E-state index in [-0.39, 0.29) is 5.56 Å². The summed E-state index contributed by atoms with van der Waals surface area (Å²) >= 11 is 0. The first-order chi connectivity index (χ1) is 10.1. The van der Waals surface area contributed by atoms with Crippen LogP contribution in [0.1, 0.15) is 16.1 Å². The highest BCUT2D eigenvalue weighted by atomic mass is 16.5. The van der Waals surface area contributed by atoms with Crippen molar-refractivity contribution in [1.29, 1.82) is 0 Å². The SMILES string of the molecule is Cc1c(C(=O)Nc2cccc3cccnc23)c(=O)on1C. The van der Waals surface area contributed by atoms with Crippen molar-refractivity contribution >= 4 is 22.5 Å². The van der Waals surface area contributed by atoms with Crippen LogP contribution in [0.2, 0.25) is 0 Å². The van der Waals surface area contributed by atoms with Crippen LogP contribution in [0.15, 0.2) is 45.8 Å². The topological polar surface area (TPSA) is 77.1 Å². The highest BCUT2D eigenvalue weighted by molar-refractivity contribution is 6.08. The predicted molar refractivity (Wildman–Crippen MR) is 78.4 cm³/mol. The van der Waals surface area contributed by atoms with Gasteiger partial charge in [-0.05, 0) is 19.1 Å². The molecule has 1 amide bonds. The van der Waals surface area contributed by atoms with Crippen LogP contribution in [-0.4, -0.2) is 15.6 Å². The third-order valence-electron chi connectivity index (χ3n) is 3.37. The Morgan fingerprint density at radius 3 is 2.76 bits per heavy atom. The fourth-order valence-corrected chi connectivity index (χ4v) is 2.19. The van der Waals surface area contributed by atoms with E-state index in [0.717, 1.165) is 5.39 Å². The summed E-state index contributed by atoms with van der Waals surface area (Å²) in [4.78, 5) is 28.2. The maximum atomic E-state index is 12.3. The van der Waals surface area contributed by atoms with Gasteiger partial charge in [-0.1, -0.05) is 18.2 Å². The molecule has 1 aromatic carbocycles. The third-order valence-corrected chi connectivity index (χ3v) is 3.37. The van der Waals surface area contributed by atoms with E-state index in [1.54, 1.807) is 26.2 Å². The van der Waals surface area contributed by atoms with Crippen LogP contribution in [0.3, 0.4) is 0 Å². The fourth-order valence-electron chi connectivity index (χ4n) is 2.19. The molecule has 6 nitrogen and oxygen atoms in total. The van der Waals surface area contributed by atoms with E-state index in [0.29, 0.717) is 16.9 Å². The Morgan fingerprint density at radius 2 is 2.05 bits per heavy atom. The quantitative estimate of drug-likeness (QED) is 0.781. The minimum atomic E-state index is -0.652. The van der Waals surface area contributed by atoms with Crippen molar-refractivity contribution in [3.63, 3.8) is 0 Å². The Morgan fingerprint density at radius 1 is 1.29 bits per heavy atom. The molecular formula is C15H13N3O3. The van der Waals surface area contributed by atoms with Crippen LogP contribution < -0.4 is 10.9 Å². The molecule has 0 aliphatic heterocycles. The highest BCUT2D eigenvalue weighted by Gasteiger charge is 2.20. The Hall–Kier alpha value is -2.89. The number of carbonyl (C=O) groups excluding carboxylic acids is 1. The van der Waals surface area contributed by atoms with Crippen LogP contribution in [0.4, 0.5) is 5.69 Å². The summed E-state index contributed by atoms with van der Waals surface area (Å²) in [5.41, 5.74) is 1.06. The second-order valence-corrected chi connectivity index (χ2v) is 4.67. The molecule has 2 aromatic heterocycles. The number of carbonyl (C=O) groups is 1. The van der Waals surface area contributed by atoms with Gasteiger partial charge >= 0.3 is 5.63 Å². The normalized spacial score (nSPS) is 10.8. The van der Waals surface area contributed by atoms with Crippen molar-refractivity contribution in [2.24, 2.45) is 7.05 Å². The number of nitrogens with one attached hydrogen (secondary N) is 1. The molecular weight excluding hydrogens is 270 g/mol.